The molecule has 0 aromatic heterocycles. The van der Waals surface area contributed by atoms with Gasteiger partial charge in [-0.2, -0.15) is 0 Å². The Labute approximate surface area is 208 Å². The molecule has 0 bridgehead atoms. The lowest BCUT2D eigenvalue weighted by Crippen LogP contribution is -2.24. The van der Waals surface area contributed by atoms with E-state index >= 15 is 0 Å². The van der Waals surface area contributed by atoms with E-state index in [1.807, 2.05) is 37.3 Å². The van der Waals surface area contributed by atoms with Gasteiger partial charge in [-0.05, 0) is 53.4 Å². The van der Waals surface area contributed by atoms with Crippen LogP contribution in [-0.2, 0) is 9.59 Å². The molecule has 0 saturated heterocycles. The number of carboxylic acid groups (broad SMARTS) is 2. The number of hydrogen-bond donors (Lipinski definition) is 2. The molecule has 36 heavy (non-hydrogen) atoms. The molecular formula is C28H26O8. The van der Waals surface area contributed by atoms with Crippen molar-refractivity contribution in [2.45, 2.75) is 25.2 Å². The SMILES string of the molecule is CCCOc1ccc2c(c1)C(c1ccccc1OCC(=O)O)C(C(=O)O)C2c1ccc2c(c1)OCO2. The van der Waals surface area contributed by atoms with E-state index in [1.165, 1.54) is 0 Å². The highest BCUT2D eigenvalue weighted by molar-refractivity contribution is 5.78. The predicted molar refractivity (Wildman–Crippen MR) is 129 cm³/mol. The minimum Gasteiger partial charge on any atom is -0.494 e. The van der Waals surface area contributed by atoms with E-state index in [0.717, 1.165) is 23.1 Å². The van der Waals surface area contributed by atoms with Gasteiger partial charge >= 0.3 is 11.9 Å². The monoisotopic (exact) mass is 490 g/mol. The first-order chi connectivity index (χ1) is 17.5. The van der Waals surface area contributed by atoms with Gasteiger partial charge in [0.2, 0.25) is 6.79 Å². The van der Waals surface area contributed by atoms with Crippen LogP contribution in [0.3, 0.4) is 0 Å². The molecule has 2 aliphatic rings. The molecule has 1 aliphatic carbocycles. The zero-order valence-corrected chi connectivity index (χ0v) is 19.7. The number of carboxylic acids is 2. The van der Waals surface area contributed by atoms with Gasteiger partial charge in [-0.25, -0.2) is 4.79 Å². The zero-order valence-electron chi connectivity index (χ0n) is 19.7. The van der Waals surface area contributed by atoms with E-state index in [4.69, 9.17) is 24.1 Å². The topological polar surface area (TPSA) is 112 Å². The van der Waals surface area contributed by atoms with Crippen LogP contribution in [0.2, 0.25) is 0 Å². The molecular weight excluding hydrogens is 464 g/mol. The van der Waals surface area contributed by atoms with Crippen LogP contribution in [0, 0.1) is 5.92 Å². The molecule has 0 spiro atoms. The first-order valence-electron chi connectivity index (χ1n) is 11.8. The maximum absolute atomic E-state index is 12.9. The number of ether oxygens (including phenoxy) is 4. The average Bonchev–Trinajstić information content (AvgIpc) is 3.48. The molecule has 186 valence electrons. The van der Waals surface area contributed by atoms with Crippen LogP contribution in [0.5, 0.6) is 23.0 Å². The predicted octanol–water partition coefficient (Wildman–Crippen LogP) is 4.65. The summed E-state index contributed by atoms with van der Waals surface area (Å²) in [6.45, 7) is 2.15. The van der Waals surface area contributed by atoms with Crippen molar-refractivity contribution in [3.8, 4) is 23.0 Å². The summed E-state index contributed by atoms with van der Waals surface area (Å²) in [7, 11) is 0. The Morgan fingerprint density at radius 3 is 2.47 bits per heavy atom. The second kappa shape index (κ2) is 9.81. The van der Waals surface area contributed by atoms with Gasteiger partial charge in [-0.3, -0.25) is 4.79 Å². The molecule has 0 saturated carbocycles. The first-order valence-corrected chi connectivity index (χ1v) is 11.8. The Balaban J connectivity index is 1.67. The number of benzene rings is 3. The number of hydrogen-bond acceptors (Lipinski definition) is 6. The van der Waals surface area contributed by atoms with Crippen LogP contribution < -0.4 is 18.9 Å². The number of aliphatic carboxylic acids is 2. The number of para-hydroxylation sites is 1. The van der Waals surface area contributed by atoms with E-state index < -0.39 is 36.3 Å². The molecule has 0 radical (unpaired) electrons. The van der Waals surface area contributed by atoms with Crippen molar-refractivity contribution in [1.29, 1.82) is 0 Å². The van der Waals surface area contributed by atoms with Crippen LogP contribution in [-0.4, -0.2) is 42.2 Å². The fourth-order valence-electron chi connectivity index (χ4n) is 5.14. The van der Waals surface area contributed by atoms with Crippen molar-refractivity contribution in [3.63, 3.8) is 0 Å². The minimum atomic E-state index is -1.11. The number of carbonyl (C=O) groups is 2. The molecule has 0 fully saturated rings. The molecule has 2 N–H and O–H groups in total. The first kappa shape index (κ1) is 23.5. The largest absolute Gasteiger partial charge is 0.494 e. The van der Waals surface area contributed by atoms with Gasteiger partial charge in [-0.1, -0.05) is 37.3 Å². The minimum absolute atomic E-state index is 0.122. The van der Waals surface area contributed by atoms with Crippen molar-refractivity contribution in [2.75, 3.05) is 20.0 Å². The Bertz CT molecular complexity index is 1300. The Morgan fingerprint density at radius 1 is 0.889 bits per heavy atom. The molecule has 3 aromatic rings. The highest BCUT2D eigenvalue weighted by atomic mass is 16.7. The summed E-state index contributed by atoms with van der Waals surface area (Å²) in [5.41, 5.74) is 3.08. The molecule has 0 amide bonds. The van der Waals surface area contributed by atoms with Gasteiger partial charge in [0.25, 0.3) is 0 Å². The normalized spacial score (nSPS) is 19.5. The molecule has 1 heterocycles. The maximum atomic E-state index is 12.9. The summed E-state index contributed by atoms with van der Waals surface area (Å²) in [5, 5.41) is 19.7. The maximum Gasteiger partial charge on any atom is 0.341 e. The fourth-order valence-corrected chi connectivity index (χ4v) is 5.14. The van der Waals surface area contributed by atoms with Crippen molar-refractivity contribution in [3.05, 3.63) is 82.9 Å². The van der Waals surface area contributed by atoms with Crippen molar-refractivity contribution in [2.24, 2.45) is 5.92 Å². The lowest BCUT2D eigenvalue weighted by molar-refractivity contribution is -0.142. The third-order valence-corrected chi connectivity index (χ3v) is 6.57. The van der Waals surface area contributed by atoms with Crippen LogP contribution in [0.1, 0.15) is 47.4 Å². The second-order valence-electron chi connectivity index (χ2n) is 8.79. The van der Waals surface area contributed by atoms with Crippen LogP contribution in [0.4, 0.5) is 0 Å². The molecule has 3 atom stereocenters. The molecule has 3 aromatic carbocycles. The van der Waals surface area contributed by atoms with Crippen molar-refractivity contribution < 1.29 is 38.7 Å². The van der Waals surface area contributed by atoms with Crippen molar-refractivity contribution >= 4 is 11.9 Å². The molecule has 3 unspecified atom stereocenters. The second-order valence-corrected chi connectivity index (χ2v) is 8.79. The van der Waals surface area contributed by atoms with E-state index in [2.05, 4.69) is 0 Å². The van der Waals surface area contributed by atoms with E-state index in [0.29, 0.717) is 35.2 Å². The van der Waals surface area contributed by atoms with Gasteiger partial charge in [0.1, 0.15) is 11.5 Å². The standard InChI is InChI=1S/C28H26O8/c1-2-11-33-17-8-9-18-20(13-17)26(19-5-3-4-6-21(19)34-14-24(29)30)27(28(31)32)25(18)16-7-10-22-23(12-16)36-15-35-22/h3-10,12-13,25-27H,2,11,14-15H2,1H3,(H,29,30)(H,31,32). The molecule has 1 aliphatic heterocycles. The Morgan fingerprint density at radius 2 is 1.69 bits per heavy atom. The Hall–Kier alpha value is -4.20. The van der Waals surface area contributed by atoms with Crippen LogP contribution in [0.25, 0.3) is 0 Å². The smallest absolute Gasteiger partial charge is 0.341 e. The van der Waals surface area contributed by atoms with Gasteiger partial charge in [0.05, 0.1) is 12.5 Å². The van der Waals surface area contributed by atoms with E-state index in [-0.39, 0.29) is 6.79 Å². The third-order valence-electron chi connectivity index (χ3n) is 6.57. The summed E-state index contributed by atoms with van der Waals surface area (Å²) in [6.07, 6.45) is 0.837. The van der Waals surface area contributed by atoms with Gasteiger partial charge < -0.3 is 29.2 Å². The summed E-state index contributed by atoms with van der Waals surface area (Å²) in [4.78, 5) is 24.1. The van der Waals surface area contributed by atoms with E-state index in [9.17, 15) is 14.7 Å². The van der Waals surface area contributed by atoms with Crippen LogP contribution in [0.15, 0.2) is 60.7 Å². The Kier molecular flexibility index (Phi) is 6.41. The highest BCUT2D eigenvalue weighted by Gasteiger charge is 2.47. The lowest BCUT2D eigenvalue weighted by Gasteiger charge is -2.24. The van der Waals surface area contributed by atoms with Gasteiger partial charge in [0.15, 0.2) is 18.1 Å². The summed E-state index contributed by atoms with van der Waals surface area (Å²) in [6, 6.07) is 18.2. The average molecular weight is 491 g/mol. The summed E-state index contributed by atoms with van der Waals surface area (Å²) < 4.78 is 22.5. The molecule has 8 heteroatoms. The quantitative estimate of drug-likeness (QED) is 0.446. The summed E-state index contributed by atoms with van der Waals surface area (Å²) in [5.74, 6) is -1.84. The molecule has 5 rings (SSSR count). The van der Waals surface area contributed by atoms with Crippen LogP contribution >= 0.6 is 0 Å². The van der Waals surface area contributed by atoms with Crippen molar-refractivity contribution in [1.82, 2.24) is 0 Å². The van der Waals surface area contributed by atoms with Gasteiger partial charge in [-0.15, -0.1) is 0 Å². The number of rotatable bonds is 9. The summed E-state index contributed by atoms with van der Waals surface area (Å²) >= 11 is 0. The third kappa shape index (κ3) is 4.30. The van der Waals surface area contributed by atoms with Gasteiger partial charge in [0, 0.05) is 17.4 Å². The molecule has 8 nitrogen and oxygen atoms in total. The number of fused-ring (bicyclic) bond motifs is 2. The fraction of sp³-hybridized carbons (Fsp3) is 0.286. The lowest BCUT2D eigenvalue weighted by atomic mass is 9.79. The van der Waals surface area contributed by atoms with E-state index in [1.54, 1.807) is 30.3 Å². The highest BCUT2D eigenvalue weighted by Crippen LogP contribution is 2.55. The zero-order chi connectivity index (χ0) is 25.2.